The Morgan fingerprint density at radius 1 is 1.53 bits per heavy atom. The van der Waals surface area contributed by atoms with E-state index in [1.807, 2.05) is 18.4 Å². The highest BCUT2D eigenvalue weighted by molar-refractivity contribution is 7.11. The van der Waals surface area contributed by atoms with Crippen LogP contribution in [-0.4, -0.2) is 4.98 Å². The van der Waals surface area contributed by atoms with E-state index in [1.54, 1.807) is 22.7 Å². The van der Waals surface area contributed by atoms with E-state index >= 15 is 0 Å². The first-order chi connectivity index (χ1) is 8.11. The molecule has 3 N–H and O–H groups in total. The number of aryl methyl sites for hydroxylation is 2. The second-order valence-electron chi connectivity index (χ2n) is 3.81. The van der Waals surface area contributed by atoms with Gasteiger partial charge in [0.25, 0.3) is 0 Å². The predicted molar refractivity (Wildman–Crippen MR) is 74.7 cm³/mol. The Hall–Kier alpha value is -0.460. The fraction of sp³-hybridized carbons (Fsp3) is 0.364. The lowest BCUT2D eigenvalue weighted by atomic mass is 10.2. The largest absolute Gasteiger partial charge is 0.271 e. The van der Waals surface area contributed by atoms with Gasteiger partial charge >= 0.3 is 0 Å². The van der Waals surface area contributed by atoms with Crippen LogP contribution in [-0.2, 0) is 6.42 Å². The van der Waals surface area contributed by atoms with Crippen LogP contribution in [0.15, 0.2) is 11.4 Å². The van der Waals surface area contributed by atoms with Gasteiger partial charge in [-0.3, -0.25) is 11.3 Å². The van der Waals surface area contributed by atoms with Gasteiger partial charge in [-0.05, 0) is 25.3 Å². The van der Waals surface area contributed by atoms with Crippen molar-refractivity contribution in [1.82, 2.24) is 10.4 Å². The van der Waals surface area contributed by atoms with Crippen LogP contribution in [0.3, 0.4) is 0 Å². The Balaban J connectivity index is 2.18. The molecular weight excluding hydrogens is 274 g/mol. The average molecular weight is 288 g/mol. The van der Waals surface area contributed by atoms with Crippen molar-refractivity contribution in [3.63, 3.8) is 0 Å². The van der Waals surface area contributed by atoms with Gasteiger partial charge in [-0.15, -0.1) is 22.7 Å². The fourth-order valence-electron chi connectivity index (χ4n) is 1.58. The second-order valence-corrected chi connectivity index (χ2v) is 6.45. The Bertz CT molecular complexity index is 487. The summed E-state index contributed by atoms with van der Waals surface area (Å²) in [7, 11) is 0. The van der Waals surface area contributed by atoms with E-state index in [9.17, 15) is 0 Å². The molecule has 0 aliphatic heterocycles. The summed E-state index contributed by atoms with van der Waals surface area (Å²) in [6.07, 6.45) is 0.774. The quantitative estimate of drug-likeness (QED) is 0.670. The molecule has 0 fully saturated rings. The molecule has 17 heavy (non-hydrogen) atoms. The van der Waals surface area contributed by atoms with Gasteiger partial charge in [-0.2, -0.15) is 0 Å². The molecule has 1 unspecified atom stereocenters. The standard InChI is InChI=1S/C11H14ClN3S2/c1-6-7(2)17-10(14-6)5-9(15-13)11-8(12)3-4-16-11/h3-4,9,15H,5,13H2,1-2H3. The highest BCUT2D eigenvalue weighted by Gasteiger charge is 2.17. The van der Waals surface area contributed by atoms with Gasteiger partial charge < -0.3 is 0 Å². The number of rotatable bonds is 4. The lowest BCUT2D eigenvalue weighted by Crippen LogP contribution is -2.29. The highest BCUT2D eigenvalue weighted by Crippen LogP contribution is 2.31. The predicted octanol–water partition coefficient (Wildman–Crippen LogP) is 3.22. The number of nitrogens with one attached hydrogen (secondary N) is 1. The number of hydrogen-bond donors (Lipinski definition) is 2. The Morgan fingerprint density at radius 3 is 2.76 bits per heavy atom. The van der Waals surface area contributed by atoms with Gasteiger partial charge in [0.15, 0.2) is 0 Å². The van der Waals surface area contributed by atoms with Crippen LogP contribution in [0.2, 0.25) is 5.02 Å². The van der Waals surface area contributed by atoms with Crippen molar-refractivity contribution < 1.29 is 0 Å². The lowest BCUT2D eigenvalue weighted by Gasteiger charge is -2.13. The van der Waals surface area contributed by atoms with E-state index in [4.69, 9.17) is 17.4 Å². The Kier molecular flexibility index (Phi) is 4.17. The van der Waals surface area contributed by atoms with E-state index in [2.05, 4.69) is 17.3 Å². The summed E-state index contributed by atoms with van der Waals surface area (Å²) in [6.45, 7) is 4.11. The monoisotopic (exact) mass is 287 g/mol. The number of hydrogen-bond acceptors (Lipinski definition) is 5. The molecule has 0 saturated heterocycles. The number of aromatic nitrogens is 1. The van der Waals surface area contributed by atoms with Crippen molar-refractivity contribution in [2.45, 2.75) is 26.3 Å². The van der Waals surface area contributed by atoms with Gasteiger partial charge in [0.1, 0.15) is 0 Å². The van der Waals surface area contributed by atoms with E-state index < -0.39 is 0 Å². The maximum Gasteiger partial charge on any atom is 0.0950 e. The van der Waals surface area contributed by atoms with Crippen molar-refractivity contribution in [3.05, 3.63) is 36.9 Å². The van der Waals surface area contributed by atoms with Crippen LogP contribution < -0.4 is 11.3 Å². The molecule has 0 spiro atoms. The van der Waals surface area contributed by atoms with Crippen molar-refractivity contribution in [3.8, 4) is 0 Å². The van der Waals surface area contributed by atoms with Gasteiger partial charge in [-0.1, -0.05) is 11.6 Å². The first-order valence-corrected chi connectivity index (χ1v) is 7.31. The van der Waals surface area contributed by atoms with Crippen LogP contribution in [0.4, 0.5) is 0 Å². The van der Waals surface area contributed by atoms with Gasteiger partial charge in [-0.25, -0.2) is 4.98 Å². The Labute approximate surface area is 114 Å². The molecule has 0 aliphatic carbocycles. The third-order valence-electron chi connectivity index (χ3n) is 2.61. The second kappa shape index (κ2) is 5.46. The van der Waals surface area contributed by atoms with Gasteiger partial charge in [0.05, 0.1) is 21.8 Å². The fourth-order valence-corrected chi connectivity index (χ4v) is 3.81. The van der Waals surface area contributed by atoms with Crippen LogP contribution in [0, 0.1) is 13.8 Å². The van der Waals surface area contributed by atoms with Gasteiger partial charge in [0, 0.05) is 16.2 Å². The molecule has 2 rings (SSSR count). The summed E-state index contributed by atoms with van der Waals surface area (Å²) in [4.78, 5) is 6.85. The molecule has 0 aromatic carbocycles. The smallest absolute Gasteiger partial charge is 0.0950 e. The zero-order valence-corrected chi connectivity index (χ0v) is 12.0. The van der Waals surface area contributed by atoms with Crippen molar-refractivity contribution in [2.75, 3.05) is 0 Å². The highest BCUT2D eigenvalue weighted by atomic mass is 35.5. The average Bonchev–Trinajstić information content (AvgIpc) is 2.83. The third-order valence-corrected chi connectivity index (χ3v) is 5.18. The van der Waals surface area contributed by atoms with Crippen molar-refractivity contribution in [2.24, 2.45) is 5.84 Å². The minimum Gasteiger partial charge on any atom is -0.271 e. The molecule has 1 atom stereocenters. The topological polar surface area (TPSA) is 50.9 Å². The number of thiophene rings is 1. The summed E-state index contributed by atoms with van der Waals surface area (Å²) in [5.74, 6) is 5.60. The number of halogens is 1. The van der Waals surface area contributed by atoms with Crippen molar-refractivity contribution in [1.29, 1.82) is 0 Å². The first kappa shape index (κ1) is 13.0. The molecule has 2 aromatic heterocycles. The molecule has 0 aliphatic rings. The minimum absolute atomic E-state index is 0.0347. The zero-order chi connectivity index (χ0) is 12.4. The third kappa shape index (κ3) is 2.86. The van der Waals surface area contributed by atoms with Crippen LogP contribution in [0.25, 0.3) is 0 Å². The van der Waals surface area contributed by atoms with Crippen LogP contribution in [0.1, 0.15) is 26.5 Å². The maximum atomic E-state index is 6.11. The van der Waals surface area contributed by atoms with Gasteiger partial charge in [0.2, 0.25) is 0 Å². The normalized spacial score (nSPS) is 12.9. The molecule has 2 heterocycles. The lowest BCUT2D eigenvalue weighted by molar-refractivity contribution is 0.559. The molecule has 0 radical (unpaired) electrons. The molecule has 3 nitrogen and oxygen atoms in total. The van der Waals surface area contributed by atoms with E-state index in [-0.39, 0.29) is 6.04 Å². The number of hydrazine groups is 1. The molecule has 2 aromatic rings. The molecule has 0 amide bonds. The Morgan fingerprint density at radius 2 is 2.29 bits per heavy atom. The number of thiazole rings is 1. The summed E-state index contributed by atoms with van der Waals surface area (Å²) in [5.41, 5.74) is 3.91. The summed E-state index contributed by atoms with van der Waals surface area (Å²) < 4.78 is 0. The zero-order valence-electron chi connectivity index (χ0n) is 9.66. The SMILES string of the molecule is Cc1nc(CC(NN)c2sccc2Cl)sc1C. The molecule has 6 heteroatoms. The first-order valence-electron chi connectivity index (χ1n) is 5.23. The molecule has 92 valence electrons. The van der Waals surface area contributed by atoms with Crippen LogP contribution >= 0.6 is 34.3 Å². The minimum atomic E-state index is 0.0347. The van der Waals surface area contributed by atoms with Crippen molar-refractivity contribution >= 4 is 34.3 Å². The summed E-state index contributed by atoms with van der Waals surface area (Å²) >= 11 is 9.44. The van der Waals surface area contributed by atoms with E-state index in [1.165, 1.54) is 4.88 Å². The van der Waals surface area contributed by atoms with E-state index in [0.717, 1.165) is 27.0 Å². The summed E-state index contributed by atoms with van der Waals surface area (Å²) in [5, 5.41) is 3.83. The molecule has 0 bridgehead atoms. The van der Waals surface area contributed by atoms with Crippen LogP contribution in [0.5, 0.6) is 0 Å². The maximum absolute atomic E-state index is 6.11. The number of nitrogens with two attached hydrogens (primary N) is 1. The molecular formula is C11H14ClN3S2. The summed E-state index contributed by atoms with van der Waals surface area (Å²) in [6, 6.07) is 1.93. The van der Waals surface area contributed by atoms with E-state index in [0.29, 0.717) is 0 Å². The molecule has 0 saturated carbocycles. The number of nitrogens with zero attached hydrogens (tertiary/aromatic N) is 1.